The third-order valence-electron chi connectivity index (χ3n) is 3.92. The van der Waals surface area contributed by atoms with Crippen molar-refractivity contribution >= 4 is 11.5 Å². The zero-order valence-corrected chi connectivity index (χ0v) is 13.0. The Kier molecular flexibility index (Phi) is 4.43. The van der Waals surface area contributed by atoms with Gasteiger partial charge in [-0.05, 0) is 24.1 Å². The number of hydrogen-bond donors (Lipinski definition) is 1. The number of aliphatic carboxylic acids is 1. The van der Waals surface area contributed by atoms with E-state index in [1.165, 1.54) is 5.57 Å². The highest BCUT2D eigenvalue weighted by atomic mass is 16.5. The van der Waals surface area contributed by atoms with Crippen LogP contribution in [0.5, 0.6) is 5.75 Å². The number of benzene rings is 1. The SMILES string of the molecule is COc1cccc(-n2cc(C3=CCN(CC(=O)O)CC3)cn2)c1. The summed E-state index contributed by atoms with van der Waals surface area (Å²) >= 11 is 0. The third kappa shape index (κ3) is 3.60. The highest BCUT2D eigenvalue weighted by Crippen LogP contribution is 2.23. The van der Waals surface area contributed by atoms with Crippen LogP contribution in [-0.2, 0) is 4.79 Å². The van der Waals surface area contributed by atoms with Crippen LogP contribution in [-0.4, -0.2) is 52.5 Å². The van der Waals surface area contributed by atoms with E-state index in [2.05, 4.69) is 11.2 Å². The Morgan fingerprint density at radius 2 is 2.30 bits per heavy atom. The van der Waals surface area contributed by atoms with E-state index in [-0.39, 0.29) is 6.54 Å². The lowest BCUT2D eigenvalue weighted by molar-refractivity contribution is -0.138. The minimum atomic E-state index is -0.785. The predicted molar refractivity (Wildman–Crippen MR) is 86.8 cm³/mol. The van der Waals surface area contributed by atoms with Gasteiger partial charge in [-0.1, -0.05) is 12.1 Å². The van der Waals surface area contributed by atoms with E-state index in [1.807, 2.05) is 46.2 Å². The fourth-order valence-corrected chi connectivity index (χ4v) is 2.69. The summed E-state index contributed by atoms with van der Waals surface area (Å²) in [7, 11) is 1.64. The van der Waals surface area contributed by atoms with Crippen LogP contribution in [0.3, 0.4) is 0 Å². The van der Waals surface area contributed by atoms with Crippen molar-refractivity contribution < 1.29 is 14.6 Å². The molecule has 2 aromatic rings. The summed E-state index contributed by atoms with van der Waals surface area (Å²) in [6.07, 6.45) is 6.75. The molecular formula is C17H19N3O3. The van der Waals surface area contributed by atoms with E-state index >= 15 is 0 Å². The number of carboxylic acids is 1. The smallest absolute Gasteiger partial charge is 0.317 e. The first-order valence-corrected chi connectivity index (χ1v) is 7.48. The van der Waals surface area contributed by atoms with Crippen LogP contribution >= 0.6 is 0 Å². The van der Waals surface area contributed by atoms with Gasteiger partial charge in [0.05, 0.1) is 25.5 Å². The number of nitrogens with zero attached hydrogens (tertiary/aromatic N) is 3. The van der Waals surface area contributed by atoms with Crippen molar-refractivity contribution in [2.75, 3.05) is 26.7 Å². The molecule has 0 unspecified atom stereocenters. The van der Waals surface area contributed by atoms with Crippen LogP contribution in [0, 0.1) is 0 Å². The van der Waals surface area contributed by atoms with E-state index in [1.54, 1.807) is 7.11 Å². The summed E-state index contributed by atoms with van der Waals surface area (Å²) in [6, 6.07) is 7.73. The predicted octanol–water partition coefficient (Wildman–Crippen LogP) is 2.05. The second-order valence-electron chi connectivity index (χ2n) is 5.48. The molecule has 0 spiro atoms. The van der Waals surface area contributed by atoms with E-state index in [0.717, 1.165) is 30.0 Å². The Morgan fingerprint density at radius 1 is 1.43 bits per heavy atom. The van der Waals surface area contributed by atoms with Crippen LogP contribution in [0.15, 0.2) is 42.7 Å². The van der Waals surface area contributed by atoms with Gasteiger partial charge in [0.1, 0.15) is 5.75 Å². The average Bonchev–Trinajstić information content (AvgIpc) is 3.05. The highest BCUT2D eigenvalue weighted by Gasteiger charge is 2.16. The van der Waals surface area contributed by atoms with Gasteiger partial charge in [0.15, 0.2) is 0 Å². The zero-order valence-electron chi connectivity index (χ0n) is 13.0. The molecule has 23 heavy (non-hydrogen) atoms. The normalized spacial score (nSPS) is 15.3. The molecule has 1 aromatic heterocycles. The molecule has 0 fully saturated rings. The minimum absolute atomic E-state index is 0.0901. The van der Waals surface area contributed by atoms with E-state index in [9.17, 15) is 4.79 Å². The first kappa shape index (κ1) is 15.3. The molecular weight excluding hydrogens is 294 g/mol. The molecule has 1 aliphatic heterocycles. The molecule has 0 saturated heterocycles. The summed E-state index contributed by atoms with van der Waals surface area (Å²) in [4.78, 5) is 12.7. The second kappa shape index (κ2) is 6.66. The quantitative estimate of drug-likeness (QED) is 0.915. The maximum absolute atomic E-state index is 10.7. The van der Waals surface area contributed by atoms with E-state index < -0.39 is 5.97 Å². The number of ether oxygens (including phenoxy) is 1. The molecule has 1 aromatic carbocycles. The van der Waals surface area contributed by atoms with Crippen molar-refractivity contribution in [3.8, 4) is 11.4 Å². The molecule has 3 rings (SSSR count). The van der Waals surface area contributed by atoms with Crippen molar-refractivity contribution in [1.29, 1.82) is 0 Å². The molecule has 120 valence electrons. The van der Waals surface area contributed by atoms with Gasteiger partial charge >= 0.3 is 5.97 Å². The van der Waals surface area contributed by atoms with Gasteiger partial charge in [0, 0.05) is 30.9 Å². The van der Waals surface area contributed by atoms with Gasteiger partial charge in [-0.15, -0.1) is 0 Å². The molecule has 1 N–H and O–H groups in total. The number of carbonyl (C=O) groups is 1. The minimum Gasteiger partial charge on any atom is -0.497 e. The Morgan fingerprint density at radius 3 is 3.00 bits per heavy atom. The van der Waals surface area contributed by atoms with Crippen molar-refractivity contribution in [3.63, 3.8) is 0 Å². The van der Waals surface area contributed by atoms with Crippen LogP contribution < -0.4 is 4.74 Å². The van der Waals surface area contributed by atoms with E-state index in [4.69, 9.17) is 9.84 Å². The molecule has 0 atom stereocenters. The number of hydrogen-bond acceptors (Lipinski definition) is 4. The first-order valence-electron chi connectivity index (χ1n) is 7.48. The first-order chi connectivity index (χ1) is 11.2. The second-order valence-corrected chi connectivity index (χ2v) is 5.48. The maximum Gasteiger partial charge on any atom is 0.317 e. The molecule has 0 amide bonds. The average molecular weight is 313 g/mol. The molecule has 0 radical (unpaired) electrons. The van der Waals surface area contributed by atoms with Gasteiger partial charge < -0.3 is 9.84 Å². The third-order valence-corrected chi connectivity index (χ3v) is 3.92. The molecule has 2 heterocycles. The lowest BCUT2D eigenvalue weighted by Crippen LogP contribution is -2.33. The summed E-state index contributed by atoms with van der Waals surface area (Å²) in [6.45, 7) is 1.50. The summed E-state index contributed by atoms with van der Waals surface area (Å²) in [5, 5.41) is 13.3. The fraction of sp³-hybridized carbons (Fsp3) is 0.294. The largest absolute Gasteiger partial charge is 0.497 e. The molecule has 6 heteroatoms. The van der Waals surface area contributed by atoms with Crippen LogP contribution in [0.25, 0.3) is 11.3 Å². The molecule has 0 aliphatic carbocycles. The highest BCUT2D eigenvalue weighted by molar-refractivity contribution is 5.70. The van der Waals surface area contributed by atoms with Crippen molar-refractivity contribution in [2.45, 2.75) is 6.42 Å². The van der Waals surface area contributed by atoms with E-state index in [0.29, 0.717) is 6.54 Å². The summed E-state index contributed by atoms with van der Waals surface area (Å²) in [5.74, 6) is 0.00781. The van der Waals surface area contributed by atoms with Gasteiger partial charge in [0.25, 0.3) is 0 Å². The Hall–Kier alpha value is -2.60. The van der Waals surface area contributed by atoms with Crippen LogP contribution in [0.4, 0.5) is 0 Å². The van der Waals surface area contributed by atoms with Gasteiger partial charge in [0.2, 0.25) is 0 Å². The summed E-state index contributed by atoms with van der Waals surface area (Å²) < 4.78 is 7.06. The summed E-state index contributed by atoms with van der Waals surface area (Å²) in [5.41, 5.74) is 3.23. The molecule has 0 bridgehead atoms. The fourth-order valence-electron chi connectivity index (χ4n) is 2.69. The Balaban J connectivity index is 1.74. The Labute approximate surface area is 134 Å². The van der Waals surface area contributed by atoms with Crippen LogP contribution in [0.1, 0.15) is 12.0 Å². The van der Waals surface area contributed by atoms with Crippen molar-refractivity contribution in [2.24, 2.45) is 0 Å². The topological polar surface area (TPSA) is 67.6 Å². The number of rotatable bonds is 5. The zero-order chi connectivity index (χ0) is 16.2. The van der Waals surface area contributed by atoms with Crippen LogP contribution in [0.2, 0.25) is 0 Å². The van der Waals surface area contributed by atoms with Gasteiger partial charge in [-0.25, -0.2) is 4.68 Å². The molecule has 1 aliphatic rings. The monoisotopic (exact) mass is 313 g/mol. The number of methoxy groups -OCH3 is 1. The number of carboxylic acid groups (broad SMARTS) is 1. The van der Waals surface area contributed by atoms with Gasteiger partial charge in [-0.2, -0.15) is 5.10 Å². The number of aromatic nitrogens is 2. The molecule has 0 saturated carbocycles. The standard InChI is InChI=1S/C17H19N3O3/c1-23-16-4-2-3-15(9-16)20-11-14(10-18-20)13-5-7-19(8-6-13)12-17(21)22/h2-5,9-11H,6-8,12H2,1H3,(H,21,22). The van der Waals surface area contributed by atoms with Gasteiger partial charge in [-0.3, -0.25) is 9.69 Å². The lowest BCUT2D eigenvalue weighted by Gasteiger charge is -2.24. The molecule has 6 nitrogen and oxygen atoms in total. The Bertz CT molecular complexity index is 736. The maximum atomic E-state index is 10.7. The van der Waals surface area contributed by atoms with Crippen molar-refractivity contribution in [3.05, 3.63) is 48.3 Å². The lowest BCUT2D eigenvalue weighted by atomic mass is 10.0. The van der Waals surface area contributed by atoms with Crippen molar-refractivity contribution in [1.82, 2.24) is 14.7 Å².